The van der Waals surface area contributed by atoms with Gasteiger partial charge in [-0.15, -0.1) is 11.8 Å². The highest BCUT2D eigenvalue weighted by molar-refractivity contribution is 8.00. The van der Waals surface area contributed by atoms with Crippen molar-refractivity contribution in [2.75, 3.05) is 12.3 Å². The number of hydrogen-bond acceptors (Lipinski definition) is 3. The van der Waals surface area contributed by atoms with Gasteiger partial charge in [0.2, 0.25) is 11.8 Å². The molecule has 6 heteroatoms. The zero-order chi connectivity index (χ0) is 17.0. The van der Waals surface area contributed by atoms with Crippen molar-refractivity contribution in [1.82, 2.24) is 10.6 Å². The summed E-state index contributed by atoms with van der Waals surface area (Å²) in [6.45, 7) is 5.64. The lowest BCUT2D eigenvalue weighted by atomic mass is 10.1. The molecule has 0 saturated carbocycles. The molecule has 0 fully saturated rings. The van der Waals surface area contributed by atoms with Crippen LogP contribution in [0.15, 0.2) is 18.2 Å². The highest BCUT2D eigenvalue weighted by atomic mass is 32.2. The van der Waals surface area contributed by atoms with Gasteiger partial charge in [0, 0.05) is 10.8 Å². The second-order valence-electron chi connectivity index (χ2n) is 6.76. The molecule has 0 bridgehead atoms. The fourth-order valence-electron chi connectivity index (χ4n) is 2.58. The Bertz CT molecular complexity index is 599. The van der Waals surface area contributed by atoms with Crippen LogP contribution in [-0.2, 0) is 16.0 Å². The van der Waals surface area contributed by atoms with Crippen LogP contribution in [0.3, 0.4) is 0 Å². The molecular formula is C17H23FN2O2S. The van der Waals surface area contributed by atoms with E-state index in [1.165, 1.54) is 17.8 Å². The van der Waals surface area contributed by atoms with Crippen molar-refractivity contribution >= 4 is 23.6 Å². The molecule has 0 saturated heterocycles. The molecule has 1 aliphatic rings. The van der Waals surface area contributed by atoms with Crippen molar-refractivity contribution in [3.8, 4) is 0 Å². The first-order chi connectivity index (χ1) is 10.7. The number of fused-ring (bicyclic) bond motifs is 1. The third-order valence-electron chi connectivity index (χ3n) is 3.51. The van der Waals surface area contributed by atoms with E-state index >= 15 is 0 Å². The molecule has 0 unspecified atom stereocenters. The summed E-state index contributed by atoms with van der Waals surface area (Å²) in [6, 6.07) is 4.86. The van der Waals surface area contributed by atoms with E-state index in [1.54, 1.807) is 6.07 Å². The first-order valence-corrected chi connectivity index (χ1v) is 8.77. The summed E-state index contributed by atoms with van der Waals surface area (Å²) in [6.07, 6.45) is 1.84. The van der Waals surface area contributed by atoms with Crippen molar-refractivity contribution in [1.29, 1.82) is 0 Å². The summed E-state index contributed by atoms with van der Waals surface area (Å²) in [5.41, 5.74) is 1.84. The van der Waals surface area contributed by atoms with Gasteiger partial charge in [-0.25, -0.2) is 4.39 Å². The topological polar surface area (TPSA) is 58.2 Å². The number of carbonyl (C=O) groups is 2. The van der Waals surface area contributed by atoms with E-state index in [1.807, 2.05) is 26.8 Å². The van der Waals surface area contributed by atoms with E-state index in [0.29, 0.717) is 0 Å². The summed E-state index contributed by atoms with van der Waals surface area (Å²) in [7, 11) is 0. The lowest BCUT2D eigenvalue weighted by Crippen LogP contribution is -2.46. The number of hydrogen-bond donors (Lipinski definition) is 2. The Morgan fingerprint density at radius 2 is 2.04 bits per heavy atom. The quantitative estimate of drug-likeness (QED) is 0.867. The van der Waals surface area contributed by atoms with Crippen molar-refractivity contribution in [2.45, 2.75) is 44.4 Å². The summed E-state index contributed by atoms with van der Waals surface area (Å²) >= 11 is 1.50. The lowest BCUT2D eigenvalue weighted by molar-refractivity contribution is -0.125. The molecule has 126 valence electrons. The van der Waals surface area contributed by atoms with E-state index in [0.717, 1.165) is 24.0 Å². The summed E-state index contributed by atoms with van der Waals surface area (Å²) in [4.78, 5) is 23.5. The van der Waals surface area contributed by atoms with Gasteiger partial charge < -0.3 is 10.6 Å². The van der Waals surface area contributed by atoms with E-state index in [2.05, 4.69) is 10.6 Å². The number of halogens is 1. The molecule has 23 heavy (non-hydrogen) atoms. The van der Waals surface area contributed by atoms with Crippen LogP contribution in [0.1, 0.15) is 43.6 Å². The average Bonchev–Trinajstić information content (AvgIpc) is 2.83. The van der Waals surface area contributed by atoms with Crippen molar-refractivity contribution in [3.63, 3.8) is 0 Å². The molecule has 1 aromatic carbocycles. The van der Waals surface area contributed by atoms with Gasteiger partial charge >= 0.3 is 0 Å². The molecule has 1 atom stereocenters. The van der Waals surface area contributed by atoms with Gasteiger partial charge in [0.25, 0.3) is 0 Å². The predicted molar refractivity (Wildman–Crippen MR) is 90.8 cm³/mol. The Balaban J connectivity index is 1.76. The minimum Gasteiger partial charge on any atom is -0.350 e. The third kappa shape index (κ3) is 5.53. The number of nitrogens with one attached hydrogen (secondary N) is 2. The van der Waals surface area contributed by atoms with Crippen molar-refractivity contribution in [2.24, 2.45) is 0 Å². The molecule has 1 aliphatic carbocycles. The molecule has 0 aliphatic heterocycles. The second kappa shape index (κ2) is 7.34. The molecule has 2 amide bonds. The normalized spacial score (nSPS) is 16.8. The SMILES string of the molecule is CC(C)(C)NC(=O)CNC(=O)CS[C@H]1CCc2ccc(F)cc21. The Hall–Kier alpha value is -1.56. The van der Waals surface area contributed by atoms with Gasteiger partial charge in [0.15, 0.2) is 0 Å². The molecular weight excluding hydrogens is 315 g/mol. The Kier molecular flexibility index (Phi) is 5.68. The first kappa shape index (κ1) is 17.8. The van der Waals surface area contributed by atoms with Gasteiger partial charge in [-0.3, -0.25) is 9.59 Å². The maximum atomic E-state index is 13.3. The molecule has 0 heterocycles. The van der Waals surface area contributed by atoms with Crippen LogP contribution >= 0.6 is 11.8 Å². The van der Waals surface area contributed by atoms with Crippen LogP contribution in [0.5, 0.6) is 0 Å². The van der Waals surface area contributed by atoms with E-state index < -0.39 is 0 Å². The number of carbonyl (C=O) groups excluding carboxylic acids is 2. The Morgan fingerprint density at radius 3 is 2.74 bits per heavy atom. The average molecular weight is 338 g/mol. The molecule has 2 N–H and O–H groups in total. The summed E-state index contributed by atoms with van der Waals surface area (Å²) in [5, 5.41) is 5.56. The van der Waals surface area contributed by atoms with Gasteiger partial charge in [-0.2, -0.15) is 0 Å². The fraction of sp³-hybridized carbons (Fsp3) is 0.529. The Labute approximate surface area is 140 Å². The molecule has 4 nitrogen and oxygen atoms in total. The minimum atomic E-state index is -0.311. The standard InChI is InChI=1S/C17H23FN2O2S/c1-17(2,3)20-15(21)9-19-16(22)10-23-14-7-5-11-4-6-12(18)8-13(11)14/h4,6,8,14H,5,7,9-10H2,1-3H3,(H,19,22)(H,20,21)/t14-/m0/s1. The minimum absolute atomic E-state index is 0.0213. The van der Waals surface area contributed by atoms with Crippen LogP contribution in [0.25, 0.3) is 0 Å². The lowest BCUT2D eigenvalue weighted by Gasteiger charge is -2.20. The maximum absolute atomic E-state index is 13.3. The van der Waals surface area contributed by atoms with Crippen LogP contribution in [0, 0.1) is 5.82 Å². The molecule has 1 aromatic rings. The molecule has 0 aromatic heterocycles. The third-order valence-corrected chi connectivity index (χ3v) is 4.83. The van der Waals surface area contributed by atoms with Crippen LogP contribution < -0.4 is 10.6 Å². The molecule has 0 spiro atoms. The summed E-state index contributed by atoms with van der Waals surface area (Å²) < 4.78 is 13.3. The number of amides is 2. The van der Waals surface area contributed by atoms with Gasteiger partial charge in [-0.05, 0) is 56.9 Å². The van der Waals surface area contributed by atoms with Gasteiger partial charge in [0.1, 0.15) is 5.82 Å². The van der Waals surface area contributed by atoms with E-state index in [4.69, 9.17) is 0 Å². The zero-order valence-electron chi connectivity index (χ0n) is 13.7. The Morgan fingerprint density at radius 1 is 1.30 bits per heavy atom. The molecule has 2 rings (SSSR count). The van der Waals surface area contributed by atoms with Crippen molar-refractivity contribution < 1.29 is 14.0 Å². The number of benzene rings is 1. The predicted octanol–water partition coefficient (Wildman–Crippen LogP) is 2.58. The van der Waals surface area contributed by atoms with Gasteiger partial charge in [-0.1, -0.05) is 6.07 Å². The number of thioether (sulfide) groups is 1. The van der Waals surface area contributed by atoms with Crippen LogP contribution in [-0.4, -0.2) is 29.7 Å². The van der Waals surface area contributed by atoms with Crippen LogP contribution in [0.4, 0.5) is 4.39 Å². The fourth-order valence-corrected chi connectivity index (χ4v) is 3.72. The van der Waals surface area contributed by atoms with Gasteiger partial charge in [0.05, 0.1) is 12.3 Å². The van der Waals surface area contributed by atoms with E-state index in [9.17, 15) is 14.0 Å². The number of aryl methyl sites for hydroxylation is 1. The van der Waals surface area contributed by atoms with E-state index in [-0.39, 0.29) is 40.7 Å². The highest BCUT2D eigenvalue weighted by Crippen LogP contribution is 2.41. The second-order valence-corrected chi connectivity index (χ2v) is 7.95. The number of rotatable bonds is 5. The first-order valence-electron chi connectivity index (χ1n) is 7.72. The monoisotopic (exact) mass is 338 g/mol. The summed E-state index contributed by atoms with van der Waals surface area (Å²) in [5.74, 6) is -0.351. The maximum Gasteiger partial charge on any atom is 0.239 e. The smallest absolute Gasteiger partial charge is 0.239 e. The largest absolute Gasteiger partial charge is 0.350 e. The molecule has 0 radical (unpaired) electrons. The highest BCUT2D eigenvalue weighted by Gasteiger charge is 2.24. The van der Waals surface area contributed by atoms with Crippen molar-refractivity contribution in [3.05, 3.63) is 35.1 Å². The zero-order valence-corrected chi connectivity index (χ0v) is 14.6. The van der Waals surface area contributed by atoms with Crippen LogP contribution in [0.2, 0.25) is 0 Å².